The molecule has 0 spiro atoms. The van der Waals surface area contributed by atoms with Gasteiger partial charge >= 0.3 is 0 Å². The van der Waals surface area contributed by atoms with E-state index in [1.807, 2.05) is 36.4 Å². The number of benzene rings is 2. The molecule has 2 nitrogen and oxygen atoms in total. The van der Waals surface area contributed by atoms with Gasteiger partial charge in [0.25, 0.3) is 0 Å². The predicted octanol–water partition coefficient (Wildman–Crippen LogP) is 4.83. The van der Waals surface area contributed by atoms with E-state index in [1.165, 1.54) is 0 Å². The average molecular weight is 352 g/mol. The van der Waals surface area contributed by atoms with E-state index in [4.69, 9.17) is 5.26 Å². The minimum absolute atomic E-state index is 0.624. The van der Waals surface area contributed by atoms with Crippen molar-refractivity contribution in [2.75, 3.05) is 5.32 Å². The van der Waals surface area contributed by atoms with Crippen LogP contribution in [0.1, 0.15) is 5.56 Å². The van der Waals surface area contributed by atoms with E-state index in [0.29, 0.717) is 5.56 Å². The standard InChI is InChI=1S/C13H8Br2N2/c14-10-1-3-12(4-2-10)17-13-6-9(8-16)5-11(15)7-13/h1-7,17H. The molecule has 0 atom stereocenters. The van der Waals surface area contributed by atoms with E-state index in [1.54, 1.807) is 6.07 Å². The highest BCUT2D eigenvalue weighted by Crippen LogP contribution is 2.23. The summed E-state index contributed by atoms with van der Waals surface area (Å²) in [7, 11) is 0. The second-order valence-electron chi connectivity index (χ2n) is 3.47. The highest BCUT2D eigenvalue weighted by atomic mass is 79.9. The molecule has 2 rings (SSSR count). The second-order valence-corrected chi connectivity index (χ2v) is 5.30. The van der Waals surface area contributed by atoms with Crippen molar-refractivity contribution in [1.29, 1.82) is 5.26 Å². The highest BCUT2D eigenvalue weighted by molar-refractivity contribution is 9.10. The molecule has 0 aliphatic rings. The molecule has 0 bridgehead atoms. The maximum Gasteiger partial charge on any atom is 0.0992 e. The molecule has 2 aromatic carbocycles. The van der Waals surface area contributed by atoms with Crippen molar-refractivity contribution in [1.82, 2.24) is 0 Å². The van der Waals surface area contributed by atoms with Crippen LogP contribution in [0.15, 0.2) is 51.4 Å². The van der Waals surface area contributed by atoms with Crippen LogP contribution in [0.2, 0.25) is 0 Å². The van der Waals surface area contributed by atoms with E-state index in [-0.39, 0.29) is 0 Å². The number of rotatable bonds is 2. The van der Waals surface area contributed by atoms with Crippen LogP contribution < -0.4 is 5.32 Å². The van der Waals surface area contributed by atoms with Gasteiger partial charge in [-0.05, 0) is 42.5 Å². The van der Waals surface area contributed by atoms with Crippen LogP contribution in [0.5, 0.6) is 0 Å². The Morgan fingerprint density at radius 2 is 1.59 bits per heavy atom. The predicted molar refractivity (Wildman–Crippen MR) is 76.3 cm³/mol. The van der Waals surface area contributed by atoms with Crippen LogP contribution in [-0.4, -0.2) is 0 Å². The molecule has 0 fully saturated rings. The zero-order chi connectivity index (χ0) is 12.3. The molecule has 0 aromatic heterocycles. The molecule has 0 saturated carbocycles. The third-order valence-electron chi connectivity index (χ3n) is 2.16. The Labute approximate surface area is 117 Å². The fraction of sp³-hybridized carbons (Fsp3) is 0. The number of hydrogen-bond acceptors (Lipinski definition) is 2. The summed E-state index contributed by atoms with van der Waals surface area (Å²) >= 11 is 6.77. The summed E-state index contributed by atoms with van der Waals surface area (Å²) in [6.07, 6.45) is 0. The van der Waals surface area contributed by atoms with E-state index >= 15 is 0 Å². The van der Waals surface area contributed by atoms with Gasteiger partial charge in [-0.3, -0.25) is 0 Å². The van der Waals surface area contributed by atoms with Crippen LogP contribution in [0.4, 0.5) is 11.4 Å². The lowest BCUT2D eigenvalue weighted by molar-refractivity contribution is 1.46. The molecule has 17 heavy (non-hydrogen) atoms. The van der Waals surface area contributed by atoms with Gasteiger partial charge < -0.3 is 5.32 Å². The van der Waals surface area contributed by atoms with Crippen LogP contribution in [0, 0.1) is 11.3 Å². The molecule has 4 heteroatoms. The monoisotopic (exact) mass is 350 g/mol. The van der Waals surface area contributed by atoms with E-state index < -0.39 is 0 Å². The van der Waals surface area contributed by atoms with Crippen molar-refractivity contribution in [2.45, 2.75) is 0 Å². The van der Waals surface area contributed by atoms with Gasteiger partial charge in [0.1, 0.15) is 0 Å². The molecular weight excluding hydrogens is 344 g/mol. The number of nitriles is 1. The SMILES string of the molecule is N#Cc1cc(Br)cc(Nc2ccc(Br)cc2)c1. The lowest BCUT2D eigenvalue weighted by Gasteiger charge is -2.07. The molecule has 0 amide bonds. The molecule has 0 heterocycles. The molecular formula is C13H8Br2N2. The summed E-state index contributed by atoms with van der Waals surface area (Å²) in [4.78, 5) is 0. The zero-order valence-electron chi connectivity index (χ0n) is 8.74. The Morgan fingerprint density at radius 3 is 2.24 bits per heavy atom. The van der Waals surface area contributed by atoms with Crippen LogP contribution >= 0.6 is 31.9 Å². The first-order chi connectivity index (χ1) is 8.17. The third kappa shape index (κ3) is 3.32. The van der Waals surface area contributed by atoms with Crippen LogP contribution in [0.3, 0.4) is 0 Å². The number of nitrogens with zero attached hydrogens (tertiary/aromatic N) is 1. The molecule has 0 unspecified atom stereocenters. The van der Waals surface area contributed by atoms with Gasteiger partial charge in [0.05, 0.1) is 11.6 Å². The van der Waals surface area contributed by atoms with E-state index in [9.17, 15) is 0 Å². The summed E-state index contributed by atoms with van der Waals surface area (Å²) in [5, 5.41) is 12.1. The van der Waals surface area contributed by atoms with Crippen molar-refractivity contribution in [3.8, 4) is 6.07 Å². The molecule has 0 aliphatic heterocycles. The van der Waals surface area contributed by atoms with Gasteiger partial charge in [-0.2, -0.15) is 5.26 Å². The van der Waals surface area contributed by atoms with Crippen molar-refractivity contribution in [2.24, 2.45) is 0 Å². The van der Waals surface area contributed by atoms with Crippen molar-refractivity contribution in [3.05, 3.63) is 57.0 Å². The first kappa shape index (κ1) is 12.2. The normalized spacial score (nSPS) is 9.71. The zero-order valence-corrected chi connectivity index (χ0v) is 11.9. The third-order valence-corrected chi connectivity index (χ3v) is 3.15. The molecule has 1 N–H and O–H groups in total. The minimum atomic E-state index is 0.624. The van der Waals surface area contributed by atoms with Gasteiger partial charge in [-0.25, -0.2) is 0 Å². The van der Waals surface area contributed by atoms with Gasteiger partial charge in [-0.1, -0.05) is 31.9 Å². The quantitative estimate of drug-likeness (QED) is 0.841. The maximum atomic E-state index is 8.88. The highest BCUT2D eigenvalue weighted by Gasteiger charge is 1.99. The number of halogens is 2. The Balaban J connectivity index is 2.27. The van der Waals surface area contributed by atoms with Crippen molar-refractivity contribution >= 4 is 43.2 Å². The summed E-state index contributed by atoms with van der Waals surface area (Å²) in [5.41, 5.74) is 2.49. The Bertz CT molecular complexity index is 571. The molecule has 2 aromatic rings. The molecule has 84 valence electrons. The smallest absolute Gasteiger partial charge is 0.0992 e. The molecule has 0 radical (unpaired) electrons. The summed E-state index contributed by atoms with van der Waals surface area (Å²) in [6, 6.07) is 15.5. The van der Waals surface area contributed by atoms with Gasteiger partial charge in [0, 0.05) is 20.3 Å². The summed E-state index contributed by atoms with van der Waals surface area (Å²) < 4.78 is 1.92. The fourth-order valence-corrected chi connectivity index (χ4v) is 2.18. The van der Waals surface area contributed by atoms with Crippen molar-refractivity contribution < 1.29 is 0 Å². The van der Waals surface area contributed by atoms with Gasteiger partial charge in [-0.15, -0.1) is 0 Å². The topological polar surface area (TPSA) is 35.8 Å². The maximum absolute atomic E-state index is 8.88. The van der Waals surface area contributed by atoms with Gasteiger partial charge in [0.2, 0.25) is 0 Å². The Kier molecular flexibility index (Phi) is 3.82. The fourth-order valence-electron chi connectivity index (χ4n) is 1.43. The Hall–Kier alpha value is -1.31. The number of nitrogens with one attached hydrogen (secondary N) is 1. The minimum Gasteiger partial charge on any atom is -0.355 e. The average Bonchev–Trinajstić information content (AvgIpc) is 2.31. The largest absolute Gasteiger partial charge is 0.355 e. The van der Waals surface area contributed by atoms with Crippen molar-refractivity contribution in [3.63, 3.8) is 0 Å². The van der Waals surface area contributed by atoms with E-state index in [0.717, 1.165) is 20.3 Å². The molecule has 0 aliphatic carbocycles. The summed E-state index contributed by atoms with van der Waals surface area (Å²) in [5.74, 6) is 0. The van der Waals surface area contributed by atoms with E-state index in [2.05, 4.69) is 43.2 Å². The number of hydrogen-bond donors (Lipinski definition) is 1. The lowest BCUT2D eigenvalue weighted by atomic mass is 10.2. The lowest BCUT2D eigenvalue weighted by Crippen LogP contribution is -1.90. The Morgan fingerprint density at radius 1 is 0.882 bits per heavy atom. The first-order valence-electron chi connectivity index (χ1n) is 4.90. The first-order valence-corrected chi connectivity index (χ1v) is 6.49. The summed E-state index contributed by atoms with van der Waals surface area (Å²) in [6.45, 7) is 0. The second kappa shape index (κ2) is 5.35. The molecule has 0 saturated heterocycles. The van der Waals surface area contributed by atoms with Crippen LogP contribution in [0.25, 0.3) is 0 Å². The van der Waals surface area contributed by atoms with Gasteiger partial charge in [0.15, 0.2) is 0 Å². The van der Waals surface area contributed by atoms with Crippen LogP contribution in [-0.2, 0) is 0 Å². The number of anilines is 2.